The van der Waals surface area contributed by atoms with E-state index in [1.165, 1.54) is 0 Å². The van der Waals surface area contributed by atoms with Crippen molar-refractivity contribution in [1.82, 2.24) is 10.7 Å². The van der Waals surface area contributed by atoms with E-state index in [-0.39, 0.29) is 11.8 Å². The van der Waals surface area contributed by atoms with E-state index in [0.29, 0.717) is 10.6 Å². The molecule has 0 spiro atoms. The minimum atomic E-state index is -0.746. The van der Waals surface area contributed by atoms with Gasteiger partial charge < -0.3 is 5.32 Å². The third-order valence-corrected chi connectivity index (χ3v) is 5.29. The molecule has 1 aliphatic rings. The lowest BCUT2D eigenvalue weighted by Crippen LogP contribution is -2.42. The number of rotatable bonds is 4. The maximum atomic E-state index is 12.8. The lowest BCUT2D eigenvalue weighted by Gasteiger charge is -2.14. The Morgan fingerprint density at radius 2 is 1.67 bits per heavy atom. The van der Waals surface area contributed by atoms with Crippen molar-refractivity contribution in [2.75, 3.05) is 0 Å². The fourth-order valence-electron chi connectivity index (χ4n) is 3.47. The summed E-state index contributed by atoms with van der Waals surface area (Å²) in [5.41, 5.74) is 6.25. The van der Waals surface area contributed by atoms with Crippen molar-refractivity contribution < 1.29 is 14.3 Å². The van der Waals surface area contributed by atoms with Gasteiger partial charge in [0, 0.05) is 21.7 Å². The van der Waals surface area contributed by atoms with Crippen LogP contribution in [-0.2, 0) is 4.79 Å². The zero-order chi connectivity index (χ0) is 21.1. The molecule has 2 N–H and O–H groups in total. The van der Waals surface area contributed by atoms with Crippen molar-refractivity contribution in [3.05, 3.63) is 106 Å². The first-order chi connectivity index (χ1) is 14.5. The highest BCUT2D eigenvalue weighted by Crippen LogP contribution is 2.25. The summed E-state index contributed by atoms with van der Waals surface area (Å²) < 4.78 is 1.74. The van der Waals surface area contributed by atoms with Crippen molar-refractivity contribution >= 4 is 29.6 Å². The Labute approximate surface area is 180 Å². The zero-order valence-corrected chi connectivity index (χ0v) is 17.1. The fourth-order valence-corrected chi connectivity index (χ4v) is 3.60. The van der Waals surface area contributed by atoms with Gasteiger partial charge in [-0.15, -0.1) is 10.1 Å². The van der Waals surface area contributed by atoms with E-state index < -0.39 is 12.1 Å². The topological polar surface area (TPSA) is 61.2 Å². The second-order valence-electron chi connectivity index (χ2n) is 7.24. The summed E-state index contributed by atoms with van der Waals surface area (Å²) in [6.45, 7) is 1.96. The minimum absolute atomic E-state index is 0.269. The molecule has 150 valence electrons. The van der Waals surface area contributed by atoms with Crippen LogP contribution in [0, 0.1) is 6.92 Å². The third kappa shape index (κ3) is 4.26. The second-order valence-corrected chi connectivity index (χ2v) is 7.67. The standard InChI is InChI=1S/C24H20ClN3O2/c1-16-7-11-19(12-8-16)23(29)26-21-22(18-5-3-2-4-6-18)28(27-24(21)30)15-17-9-13-20(25)14-10-17/h2-15,21-22H,1H3,(H-,26,27,29,30)/p+1/b28-15-/t21-,22-/m1/s1. The molecule has 0 unspecified atom stereocenters. The van der Waals surface area contributed by atoms with E-state index in [4.69, 9.17) is 11.6 Å². The van der Waals surface area contributed by atoms with Gasteiger partial charge >= 0.3 is 5.91 Å². The first-order valence-corrected chi connectivity index (χ1v) is 10.0. The molecule has 0 saturated carbocycles. The largest absolute Gasteiger partial charge is 0.334 e. The minimum Gasteiger partial charge on any atom is -0.334 e. The van der Waals surface area contributed by atoms with Gasteiger partial charge in [-0.2, -0.15) is 0 Å². The molecule has 0 bridgehead atoms. The summed E-state index contributed by atoms with van der Waals surface area (Å²) in [4.78, 5) is 25.6. The van der Waals surface area contributed by atoms with Gasteiger partial charge in [-0.05, 0) is 43.3 Å². The molecule has 1 aliphatic heterocycles. The van der Waals surface area contributed by atoms with Gasteiger partial charge in [-0.25, -0.2) is 0 Å². The predicted molar refractivity (Wildman–Crippen MR) is 117 cm³/mol. The normalized spacial score (nSPS) is 19.5. The van der Waals surface area contributed by atoms with Crippen LogP contribution in [0.15, 0.2) is 78.9 Å². The number of nitrogens with one attached hydrogen (secondary N) is 2. The number of hydrazone groups is 1. The molecule has 0 aliphatic carbocycles. The van der Waals surface area contributed by atoms with Crippen LogP contribution in [0.4, 0.5) is 0 Å². The fraction of sp³-hybridized carbons (Fsp3) is 0.125. The first-order valence-electron chi connectivity index (χ1n) is 9.63. The van der Waals surface area contributed by atoms with Crippen molar-refractivity contribution in [2.45, 2.75) is 19.0 Å². The van der Waals surface area contributed by atoms with Gasteiger partial charge in [0.05, 0.1) is 0 Å². The maximum absolute atomic E-state index is 12.8. The van der Waals surface area contributed by atoms with Crippen molar-refractivity contribution in [1.29, 1.82) is 0 Å². The molecule has 6 heteroatoms. The van der Waals surface area contributed by atoms with E-state index in [1.54, 1.807) is 28.9 Å². The SMILES string of the molecule is Cc1ccc(C(=O)N[C@H]2C(=O)N/[N+](=C\c3ccc(Cl)cc3)[C@@H]2c2ccccc2)cc1. The smallest absolute Gasteiger partial charge is 0.304 e. The number of carbonyl (C=O) groups is 2. The number of amides is 2. The quantitative estimate of drug-likeness (QED) is 0.635. The number of benzene rings is 3. The lowest BCUT2D eigenvalue weighted by atomic mass is 9.99. The molecule has 4 rings (SSSR count). The number of hydrogen-bond acceptors (Lipinski definition) is 2. The zero-order valence-electron chi connectivity index (χ0n) is 16.4. The second kappa shape index (κ2) is 8.51. The number of aryl methyl sites for hydroxylation is 1. The maximum Gasteiger partial charge on any atom is 0.304 e. The number of hydrazine groups is 1. The van der Waals surface area contributed by atoms with Crippen LogP contribution in [0.3, 0.4) is 0 Å². The Hall–Kier alpha value is -3.44. The van der Waals surface area contributed by atoms with Gasteiger partial charge in [0.2, 0.25) is 12.3 Å². The summed E-state index contributed by atoms with van der Waals surface area (Å²) in [6, 6.07) is 23.1. The van der Waals surface area contributed by atoms with Crippen LogP contribution in [0.1, 0.15) is 33.1 Å². The highest BCUT2D eigenvalue weighted by atomic mass is 35.5. The van der Waals surface area contributed by atoms with Crippen LogP contribution in [0.2, 0.25) is 5.02 Å². The van der Waals surface area contributed by atoms with Crippen molar-refractivity contribution in [3.8, 4) is 0 Å². The molecule has 3 aromatic carbocycles. The van der Waals surface area contributed by atoms with Gasteiger partial charge in [0.25, 0.3) is 5.91 Å². The Balaban J connectivity index is 1.68. The highest BCUT2D eigenvalue weighted by molar-refractivity contribution is 6.30. The molecule has 2 atom stereocenters. The molecule has 30 heavy (non-hydrogen) atoms. The highest BCUT2D eigenvalue weighted by Gasteiger charge is 2.47. The molecule has 1 heterocycles. The summed E-state index contributed by atoms with van der Waals surface area (Å²) in [5, 5.41) is 3.54. The number of nitrogens with zero attached hydrogens (tertiary/aromatic N) is 1. The van der Waals surface area contributed by atoms with Crippen LogP contribution < -0.4 is 10.7 Å². The van der Waals surface area contributed by atoms with Gasteiger partial charge in [0.15, 0.2) is 6.04 Å². The summed E-state index contributed by atoms with van der Waals surface area (Å²) >= 11 is 5.98. The van der Waals surface area contributed by atoms with E-state index >= 15 is 0 Å². The van der Waals surface area contributed by atoms with E-state index in [0.717, 1.165) is 16.7 Å². The van der Waals surface area contributed by atoms with Gasteiger partial charge in [0.1, 0.15) is 0 Å². The lowest BCUT2D eigenvalue weighted by molar-refractivity contribution is -0.596. The molecular weight excluding hydrogens is 398 g/mol. The van der Waals surface area contributed by atoms with E-state index in [2.05, 4.69) is 10.7 Å². The molecule has 3 aromatic rings. The molecule has 1 saturated heterocycles. The van der Waals surface area contributed by atoms with Crippen LogP contribution in [-0.4, -0.2) is 28.8 Å². The van der Waals surface area contributed by atoms with Crippen LogP contribution >= 0.6 is 11.6 Å². The summed E-state index contributed by atoms with van der Waals surface area (Å²) in [7, 11) is 0. The average molecular weight is 419 g/mol. The van der Waals surface area contributed by atoms with Crippen molar-refractivity contribution in [3.63, 3.8) is 0 Å². The van der Waals surface area contributed by atoms with Crippen molar-refractivity contribution in [2.24, 2.45) is 0 Å². The Morgan fingerprint density at radius 3 is 2.33 bits per heavy atom. The van der Waals surface area contributed by atoms with Gasteiger partial charge in [-0.3, -0.25) is 9.59 Å². The molecule has 1 fully saturated rings. The number of carbonyl (C=O) groups excluding carboxylic acids is 2. The Kier molecular flexibility index (Phi) is 5.63. The number of halogens is 1. The monoisotopic (exact) mass is 418 g/mol. The number of hydrogen-bond donors (Lipinski definition) is 2. The van der Waals surface area contributed by atoms with E-state index in [1.807, 2.05) is 67.7 Å². The van der Waals surface area contributed by atoms with E-state index in [9.17, 15) is 9.59 Å². The summed E-state index contributed by atoms with van der Waals surface area (Å²) in [5.74, 6) is -0.557. The molecule has 0 aromatic heterocycles. The molecular formula is C24H21ClN3O2+. The summed E-state index contributed by atoms with van der Waals surface area (Å²) in [6.07, 6.45) is 1.84. The van der Waals surface area contributed by atoms with Crippen LogP contribution in [0.25, 0.3) is 0 Å². The Bertz CT molecular complexity index is 1090. The van der Waals surface area contributed by atoms with Gasteiger partial charge in [-0.1, -0.05) is 59.6 Å². The molecule has 5 nitrogen and oxygen atoms in total. The molecule has 2 amide bonds. The predicted octanol–water partition coefficient (Wildman–Crippen LogP) is 3.66. The Morgan fingerprint density at radius 1 is 1.00 bits per heavy atom. The first kappa shape index (κ1) is 19.9. The molecule has 0 radical (unpaired) electrons. The third-order valence-electron chi connectivity index (χ3n) is 5.04. The average Bonchev–Trinajstić information content (AvgIpc) is 3.05. The van der Waals surface area contributed by atoms with Crippen LogP contribution in [0.5, 0.6) is 0 Å².